The van der Waals surface area contributed by atoms with Gasteiger partial charge in [0.15, 0.2) is 0 Å². The number of hydrogen-bond donors (Lipinski definition) is 1. The summed E-state index contributed by atoms with van der Waals surface area (Å²) in [7, 11) is 0. The highest BCUT2D eigenvalue weighted by atomic mass is 32.1. The Bertz CT molecular complexity index is 419. The molecule has 0 aliphatic carbocycles. The molecule has 16 heavy (non-hydrogen) atoms. The van der Waals surface area contributed by atoms with Gasteiger partial charge in [0.25, 0.3) is 0 Å². The number of amides is 1. The molecule has 0 aliphatic heterocycles. The number of thiophene rings is 1. The Morgan fingerprint density at radius 2 is 2.31 bits per heavy atom. The fourth-order valence-electron chi connectivity index (χ4n) is 1.23. The zero-order valence-corrected chi connectivity index (χ0v) is 10.6. The highest BCUT2D eigenvalue weighted by Crippen LogP contribution is 2.20. The number of nitrogens with zero attached hydrogens (tertiary/aromatic N) is 1. The van der Waals surface area contributed by atoms with Crippen molar-refractivity contribution in [1.82, 2.24) is 5.32 Å². The van der Waals surface area contributed by atoms with Gasteiger partial charge in [0, 0.05) is 6.54 Å². The van der Waals surface area contributed by atoms with Gasteiger partial charge in [0.2, 0.25) is 5.91 Å². The lowest BCUT2D eigenvalue weighted by Crippen LogP contribution is -2.37. The largest absolute Gasteiger partial charge is 0.351 e. The second-order valence-electron chi connectivity index (χ2n) is 4.06. The van der Waals surface area contributed by atoms with E-state index in [0.29, 0.717) is 13.0 Å². The Balaban J connectivity index is 2.61. The molecule has 1 amide bonds. The van der Waals surface area contributed by atoms with Gasteiger partial charge in [-0.1, -0.05) is 6.92 Å². The molecule has 1 aromatic heterocycles. The third kappa shape index (κ3) is 2.61. The number of rotatable bonds is 4. The summed E-state index contributed by atoms with van der Waals surface area (Å²) in [6, 6.07) is 2.06. The quantitative estimate of drug-likeness (QED) is 0.873. The van der Waals surface area contributed by atoms with Crippen LogP contribution in [0.3, 0.4) is 0 Å². The van der Waals surface area contributed by atoms with Gasteiger partial charge in [-0.15, -0.1) is 0 Å². The summed E-state index contributed by atoms with van der Waals surface area (Å²) in [4.78, 5) is 11.8. The molecule has 86 valence electrons. The minimum absolute atomic E-state index is 0.192. The van der Waals surface area contributed by atoms with Gasteiger partial charge in [-0.3, -0.25) is 4.79 Å². The van der Waals surface area contributed by atoms with Crippen LogP contribution in [0, 0.1) is 23.7 Å². The average molecular weight is 236 g/mol. The van der Waals surface area contributed by atoms with E-state index in [4.69, 9.17) is 5.26 Å². The molecule has 4 heteroatoms. The van der Waals surface area contributed by atoms with Crippen LogP contribution < -0.4 is 5.32 Å². The third-order valence-corrected chi connectivity index (χ3v) is 3.77. The molecule has 0 bridgehead atoms. The van der Waals surface area contributed by atoms with Crippen molar-refractivity contribution in [2.45, 2.75) is 33.7 Å². The van der Waals surface area contributed by atoms with Crippen LogP contribution >= 0.6 is 11.3 Å². The Hall–Kier alpha value is -1.34. The van der Waals surface area contributed by atoms with Gasteiger partial charge >= 0.3 is 0 Å². The normalized spacial score (nSPS) is 13.9. The number of carbonyl (C=O) groups excluding carboxylic acids is 1. The molecule has 0 aliphatic rings. The average Bonchev–Trinajstić information content (AvgIpc) is 2.70. The molecule has 0 aromatic carbocycles. The minimum atomic E-state index is -0.913. The number of hydrogen-bond acceptors (Lipinski definition) is 3. The number of aryl methyl sites for hydroxylation is 1. The zero-order valence-electron chi connectivity index (χ0n) is 9.83. The van der Waals surface area contributed by atoms with Gasteiger partial charge < -0.3 is 5.32 Å². The van der Waals surface area contributed by atoms with Crippen molar-refractivity contribution in [3.8, 4) is 6.07 Å². The van der Waals surface area contributed by atoms with Crippen LogP contribution in [0.1, 0.15) is 31.4 Å². The van der Waals surface area contributed by atoms with Crippen LogP contribution in [0.2, 0.25) is 0 Å². The van der Waals surface area contributed by atoms with E-state index in [9.17, 15) is 4.79 Å². The van der Waals surface area contributed by atoms with E-state index in [-0.39, 0.29) is 5.91 Å². The van der Waals surface area contributed by atoms with Crippen LogP contribution in [0.25, 0.3) is 0 Å². The SMILES string of the molecule is CCC(C)(C#N)C(=O)NCc1cscc1C. The number of nitriles is 1. The molecule has 1 rings (SSSR count). The first kappa shape index (κ1) is 12.7. The van der Waals surface area contributed by atoms with Crippen LogP contribution in [-0.4, -0.2) is 5.91 Å². The molecule has 1 atom stereocenters. The van der Waals surface area contributed by atoms with E-state index >= 15 is 0 Å². The number of nitrogens with one attached hydrogen (secondary N) is 1. The van der Waals surface area contributed by atoms with Crippen molar-refractivity contribution in [2.75, 3.05) is 0 Å². The predicted molar refractivity (Wildman–Crippen MR) is 64.9 cm³/mol. The second-order valence-corrected chi connectivity index (χ2v) is 4.80. The van der Waals surface area contributed by atoms with Crippen molar-refractivity contribution in [2.24, 2.45) is 5.41 Å². The standard InChI is InChI=1S/C12H16N2OS/c1-4-12(3,8-13)11(15)14-5-10-7-16-6-9(10)2/h6-7H,4-5H2,1-3H3,(H,14,15). The first-order chi connectivity index (χ1) is 7.53. The van der Waals surface area contributed by atoms with Crippen LogP contribution in [0.4, 0.5) is 0 Å². The van der Waals surface area contributed by atoms with Gasteiger partial charge in [-0.2, -0.15) is 16.6 Å². The van der Waals surface area contributed by atoms with Crippen molar-refractivity contribution >= 4 is 17.2 Å². The first-order valence-electron chi connectivity index (χ1n) is 5.24. The molecular weight excluding hydrogens is 220 g/mol. The van der Waals surface area contributed by atoms with E-state index in [1.54, 1.807) is 18.3 Å². The van der Waals surface area contributed by atoms with Crippen molar-refractivity contribution in [1.29, 1.82) is 5.26 Å². The summed E-state index contributed by atoms with van der Waals surface area (Å²) < 4.78 is 0. The maximum Gasteiger partial charge on any atom is 0.240 e. The molecule has 1 unspecified atom stereocenters. The molecular formula is C12H16N2OS. The highest BCUT2D eigenvalue weighted by molar-refractivity contribution is 7.08. The van der Waals surface area contributed by atoms with Gasteiger partial charge in [-0.05, 0) is 42.2 Å². The summed E-state index contributed by atoms with van der Waals surface area (Å²) in [5.41, 5.74) is 1.39. The molecule has 0 saturated carbocycles. The molecule has 0 fully saturated rings. The lowest BCUT2D eigenvalue weighted by Gasteiger charge is -2.18. The summed E-state index contributed by atoms with van der Waals surface area (Å²) in [5, 5.41) is 15.8. The third-order valence-electron chi connectivity index (χ3n) is 2.86. The molecule has 0 saturated heterocycles. The van der Waals surface area contributed by atoms with Gasteiger partial charge in [0.1, 0.15) is 5.41 Å². The zero-order chi connectivity index (χ0) is 12.2. The monoisotopic (exact) mass is 236 g/mol. The molecule has 0 radical (unpaired) electrons. The molecule has 1 heterocycles. The maximum absolute atomic E-state index is 11.8. The molecule has 0 spiro atoms. The summed E-state index contributed by atoms with van der Waals surface area (Å²) in [6.45, 7) is 6.04. The van der Waals surface area contributed by atoms with Crippen molar-refractivity contribution in [3.63, 3.8) is 0 Å². The Kier molecular flexibility index (Phi) is 4.08. The first-order valence-corrected chi connectivity index (χ1v) is 6.19. The van der Waals surface area contributed by atoms with Crippen LogP contribution in [-0.2, 0) is 11.3 Å². The smallest absolute Gasteiger partial charge is 0.240 e. The summed E-state index contributed by atoms with van der Waals surface area (Å²) >= 11 is 1.62. The highest BCUT2D eigenvalue weighted by Gasteiger charge is 2.30. The van der Waals surface area contributed by atoms with E-state index in [0.717, 1.165) is 5.56 Å². The van der Waals surface area contributed by atoms with Crippen molar-refractivity contribution < 1.29 is 4.79 Å². The van der Waals surface area contributed by atoms with Crippen molar-refractivity contribution in [3.05, 3.63) is 21.9 Å². The predicted octanol–water partition coefficient (Wildman–Crippen LogP) is 2.61. The maximum atomic E-state index is 11.8. The lowest BCUT2D eigenvalue weighted by atomic mass is 9.88. The summed E-state index contributed by atoms with van der Waals surface area (Å²) in [6.07, 6.45) is 0.526. The fourth-order valence-corrected chi connectivity index (χ4v) is 2.09. The summed E-state index contributed by atoms with van der Waals surface area (Å²) in [5.74, 6) is -0.192. The Labute approximate surface area is 100 Å². The molecule has 1 N–H and O–H groups in total. The van der Waals surface area contributed by atoms with Gasteiger partial charge in [-0.25, -0.2) is 0 Å². The fraction of sp³-hybridized carbons (Fsp3) is 0.500. The van der Waals surface area contributed by atoms with E-state index in [1.165, 1.54) is 5.56 Å². The van der Waals surface area contributed by atoms with E-state index in [2.05, 4.69) is 11.4 Å². The van der Waals surface area contributed by atoms with Crippen LogP contribution in [0.15, 0.2) is 10.8 Å². The number of carbonyl (C=O) groups is 1. The Morgan fingerprint density at radius 3 is 2.75 bits per heavy atom. The van der Waals surface area contributed by atoms with E-state index < -0.39 is 5.41 Å². The minimum Gasteiger partial charge on any atom is -0.351 e. The topological polar surface area (TPSA) is 52.9 Å². The van der Waals surface area contributed by atoms with Crippen LogP contribution in [0.5, 0.6) is 0 Å². The lowest BCUT2D eigenvalue weighted by molar-refractivity contribution is -0.127. The van der Waals surface area contributed by atoms with Gasteiger partial charge in [0.05, 0.1) is 6.07 Å². The Morgan fingerprint density at radius 1 is 1.62 bits per heavy atom. The molecule has 1 aromatic rings. The second kappa shape index (κ2) is 5.13. The molecule has 3 nitrogen and oxygen atoms in total. The van der Waals surface area contributed by atoms with E-state index in [1.807, 2.05) is 24.6 Å².